The largest absolute Gasteiger partial charge is 0.454 e. The van der Waals surface area contributed by atoms with E-state index < -0.39 is 36.4 Å². The molecule has 8 heteroatoms. The van der Waals surface area contributed by atoms with Crippen molar-refractivity contribution >= 4 is 23.6 Å². The summed E-state index contributed by atoms with van der Waals surface area (Å²) >= 11 is 0. The lowest BCUT2D eigenvalue weighted by Gasteiger charge is -2.11. The van der Waals surface area contributed by atoms with Gasteiger partial charge >= 0.3 is 12.0 Å². The second-order valence-electron chi connectivity index (χ2n) is 3.90. The molecule has 3 amide bonds. The molecule has 0 heterocycles. The Morgan fingerprint density at radius 2 is 2.10 bits per heavy atom. The highest BCUT2D eigenvalue weighted by atomic mass is 19.1. The molecule has 4 N–H and O–H groups in total. The molecule has 0 fully saturated rings. The van der Waals surface area contributed by atoms with Crippen LogP contribution in [0.25, 0.3) is 0 Å². The van der Waals surface area contributed by atoms with Gasteiger partial charge in [-0.05, 0) is 25.1 Å². The zero-order valence-electron chi connectivity index (χ0n) is 10.7. The van der Waals surface area contributed by atoms with E-state index in [0.717, 1.165) is 6.07 Å². The number of nitrogens with one attached hydrogen (secondary N) is 2. The fourth-order valence-corrected chi connectivity index (χ4v) is 1.30. The number of nitrogens with two attached hydrogens (primary N) is 1. The second-order valence-corrected chi connectivity index (χ2v) is 3.90. The maximum absolute atomic E-state index is 12.9. The van der Waals surface area contributed by atoms with Crippen LogP contribution in [0.5, 0.6) is 0 Å². The van der Waals surface area contributed by atoms with Crippen LogP contribution in [0.2, 0.25) is 0 Å². The van der Waals surface area contributed by atoms with Crippen molar-refractivity contribution in [1.82, 2.24) is 5.32 Å². The fraction of sp³-hybridized carbons (Fsp3) is 0.250. The predicted molar refractivity (Wildman–Crippen MR) is 68.2 cm³/mol. The summed E-state index contributed by atoms with van der Waals surface area (Å²) in [4.78, 5) is 33.3. The van der Waals surface area contributed by atoms with Gasteiger partial charge in [-0.2, -0.15) is 0 Å². The van der Waals surface area contributed by atoms with Crippen molar-refractivity contribution < 1.29 is 23.5 Å². The Kier molecular flexibility index (Phi) is 5.45. The van der Waals surface area contributed by atoms with Crippen LogP contribution in [0.4, 0.5) is 14.9 Å². The molecule has 1 aromatic carbocycles. The lowest BCUT2D eigenvalue weighted by molar-refractivity contribution is -0.148. The highest BCUT2D eigenvalue weighted by Crippen LogP contribution is 2.08. The number of carbonyl (C=O) groups is 3. The summed E-state index contributed by atoms with van der Waals surface area (Å²) in [7, 11) is 0. The zero-order chi connectivity index (χ0) is 15.1. The van der Waals surface area contributed by atoms with Crippen molar-refractivity contribution in [3.63, 3.8) is 0 Å². The predicted octanol–water partition coefficient (Wildman–Crippen LogP) is 0.364. The summed E-state index contributed by atoms with van der Waals surface area (Å²) in [6.45, 7) is 0.803. The number of hydrogen-bond acceptors (Lipinski definition) is 4. The first-order valence-corrected chi connectivity index (χ1v) is 5.66. The number of hydrogen-bond donors (Lipinski definition) is 3. The molecule has 0 aromatic heterocycles. The maximum Gasteiger partial charge on any atom is 0.328 e. The van der Waals surface area contributed by atoms with Crippen LogP contribution < -0.4 is 16.4 Å². The van der Waals surface area contributed by atoms with E-state index in [0.29, 0.717) is 0 Å². The molecule has 0 radical (unpaired) electrons. The van der Waals surface area contributed by atoms with Crippen molar-refractivity contribution in [2.45, 2.75) is 13.0 Å². The molecule has 1 aromatic rings. The smallest absolute Gasteiger partial charge is 0.328 e. The van der Waals surface area contributed by atoms with Crippen LogP contribution in [0.1, 0.15) is 6.92 Å². The molecule has 7 nitrogen and oxygen atoms in total. The van der Waals surface area contributed by atoms with Crippen LogP contribution in [0, 0.1) is 5.82 Å². The number of benzene rings is 1. The second kappa shape index (κ2) is 7.07. The molecule has 0 unspecified atom stereocenters. The normalized spacial score (nSPS) is 11.3. The highest BCUT2D eigenvalue weighted by molar-refractivity contribution is 5.93. The Morgan fingerprint density at radius 1 is 1.40 bits per heavy atom. The van der Waals surface area contributed by atoms with Crippen LogP contribution in [-0.2, 0) is 14.3 Å². The minimum Gasteiger partial charge on any atom is -0.454 e. The van der Waals surface area contributed by atoms with Gasteiger partial charge in [0.2, 0.25) is 0 Å². The van der Waals surface area contributed by atoms with Crippen LogP contribution >= 0.6 is 0 Å². The number of ether oxygens (including phenoxy) is 1. The van der Waals surface area contributed by atoms with Gasteiger partial charge in [-0.25, -0.2) is 14.0 Å². The maximum atomic E-state index is 12.9. The van der Waals surface area contributed by atoms with Gasteiger partial charge < -0.3 is 21.1 Å². The zero-order valence-corrected chi connectivity index (χ0v) is 10.7. The quantitative estimate of drug-likeness (QED) is 0.678. The average molecular weight is 283 g/mol. The molecule has 20 heavy (non-hydrogen) atoms. The third-order valence-corrected chi connectivity index (χ3v) is 2.17. The van der Waals surface area contributed by atoms with E-state index in [1.165, 1.54) is 25.1 Å². The van der Waals surface area contributed by atoms with Gasteiger partial charge in [0.25, 0.3) is 5.91 Å². The van der Waals surface area contributed by atoms with E-state index in [4.69, 9.17) is 5.73 Å². The number of carbonyl (C=O) groups excluding carboxylic acids is 3. The summed E-state index contributed by atoms with van der Waals surface area (Å²) in [5.74, 6) is -1.94. The van der Waals surface area contributed by atoms with E-state index in [9.17, 15) is 18.8 Å². The van der Waals surface area contributed by atoms with E-state index >= 15 is 0 Å². The third-order valence-electron chi connectivity index (χ3n) is 2.17. The monoisotopic (exact) mass is 283 g/mol. The number of rotatable bonds is 5. The summed E-state index contributed by atoms with van der Waals surface area (Å²) < 4.78 is 17.5. The van der Waals surface area contributed by atoms with Crippen molar-refractivity contribution in [2.24, 2.45) is 5.73 Å². The summed E-state index contributed by atoms with van der Waals surface area (Å²) in [5, 5.41) is 4.46. The van der Waals surface area contributed by atoms with Gasteiger partial charge in [-0.3, -0.25) is 4.79 Å². The van der Waals surface area contributed by atoms with Crippen molar-refractivity contribution in [3.05, 3.63) is 30.1 Å². The van der Waals surface area contributed by atoms with Gasteiger partial charge in [0.05, 0.1) is 0 Å². The van der Waals surface area contributed by atoms with Gasteiger partial charge in [-0.1, -0.05) is 6.07 Å². The summed E-state index contributed by atoms with van der Waals surface area (Å²) in [5.41, 5.74) is 5.08. The van der Waals surface area contributed by atoms with E-state index in [2.05, 4.69) is 15.4 Å². The molecule has 0 aliphatic rings. The Balaban J connectivity index is 2.40. The lowest BCUT2D eigenvalue weighted by Crippen LogP contribution is -2.43. The molecular formula is C12H14FN3O4. The van der Waals surface area contributed by atoms with Crippen LogP contribution in [0.3, 0.4) is 0 Å². The van der Waals surface area contributed by atoms with E-state index in [-0.39, 0.29) is 5.69 Å². The van der Waals surface area contributed by atoms with Crippen molar-refractivity contribution in [1.29, 1.82) is 0 Å². The van der Waals surface area contributed by atoms with Gasteiger partial charge in [-0.15, -0.1) is 0 Å². The Morgan fingerprint density at radius 3 is 2.70 bits per heavy atom. The molecule has 1 rings (SSSR count). The molecule has 0 aliphatic heterocycles. The molecule has 0 spiro atoms. The topological polar surface area (TPSA) is 111 Å². The Bertz CT molecular complexity index is 521. The van der Waals surface area contributed by atoms with Gasteiger partial charge in [0.15, 0.2) is 6.61 Å². The molecule has 0 bridgehead atoms. The van der Waals surface area contributed by atoms with Gasteiger partial charge in [0, 0.05) is 5.69 Å². The van der Waals surface area contributed by atoms with Crippen LogP contribution in [0.15, 0.2) is 24.3 Å². The minimum atomic E-state index is -0.963. The standard InChI is InChI=1S/C12H14FN3O4/c1-7(15-12(14)19)11(18)20-6-10(17)16-9-4-2-3-8(13)5-9/h2-5,7H,6H2,1H3,(H,16,17)(H3,14,15,19)/t7-/m0/s1. The molecule has 0 saturated carbocycles. The number of urea groups is 1. The SMILES string of the molecule is C[C@H](NC(N)=O)C(=O)OCC(=O)Nc1cccc(F)c1. The molecule has 1 atom stereocenters. The molecule has 0 aliphatic carbocycles. The van der Waals surface area contributed by atoms with Crippen LogP contribution in [-0.4, -0.2) is 30.6 Å². The lowest BCUT2D eigenvalue weighted by atomic mass is 10.3. The first kappa shape index (κ1) is 15.4. The third kappa shape index (κ3) is 5.34. The highest BCUT2D eigenvalue weighted by Gasteiger charge is 2.16. The summed E-state index contributed by atoms with van der Waals surface area (Å²) in [6, 6.07) is 3.42. The first-order valence-electron chi connectivity index (χ1n) is 5.66. The number of halogens is 1. The Hall–Kier alpha value is -2.64. The van der Waals surface area contributed by atoms with E-state index in [1.54, 1.807) is 0 Å². The summed E-state index contributed by atoms with van der Waals surface area (Å²) in [6.07, 6.45) is 0. The van der Waals surface area contributed by atoms with E-state index in [1.807, 2.05) is 0 Å². The van der Waals surface area contributed by atoms with Crippen molar-refractivity contribution in [2.75, 3.05) is 11.9 Å². The number of anilines is 1. The minimum absolute atomic E-state index is 0.245. The number of amides is 3. The average Bonchev–Trinajstić information content (AvgIpc) is 2.35. The Labute approximate surface area is 114 Å². The first-order chi connectivity index (χ1) is 9.38. The molecule has 108 valence electrons. The number of primary amides is 1. The fourth-order valence-electron chi connectivity index (χ4n) is 1.30. The molecule has 0 saturated heterocycles. The van der Waals surface area contributed by atoms with Crippen molar-refractivity contribution in [3.8, 4) is 0 Å². The molecular weight excluding hydrogens is 269 g/mol. The number of esters is 1. The van der Waals surface area contributed by atoms with Gasteiger partial charge in [0.1, 0.15) is 11.9 Å².